The van der Waals surface area contributed by atoms with Crippen LogP contribution in [0.4, 0.5) is 0 Å². The van der Waals surface area contributed by atoms with E-state index in [0.29, 0.717) is 59.2 Å². The summed E-state index contributed by atoms with van der Waals surface area (Å²) in [4.78, 5) is 0. The highest BCUT2D eigenvalue weighted by Crippen LogP contribution is 2.77. The van der Waals surface area contributed by atoms with Crippen molar-refractivity contribution in [2.75, 3.05) is 27.4 Å². The average Bonchev–Trinajstić information content (AvgIpc) is 4.10. The second-order valence-electron chi connectivity index (χ2n) is 19.1. The zero-order valence-corrected chi connectivity index (χ0v) is 31.9. The smallest absolute Gasteiger partial charge is 0.134 e. The lowest BCUT2D eigenvalue weighted by Gasteiger charge is -2.56. The van der Waals surface area contributed by atoms with Crippen molar-refractivity contribution in [3.8, 4) is 11.8 Å². The monoisotopic (exact) mass is 710 g/mol. The van der Waals surface area contributed by atoms with Gasteiger partial charge in [0.05, 0.1) is 37.9 Å². The Bertz CT molecular complexity index is 1680. The van der Waals surface area contributed by atoms with Crippen LogP contribution in [-0.2, 0) is 9.47 Å². The number of rotatable bonds is 4. The van der Waals surface area contributed by atoms with Gasteiger partial charge in [-0.05, 0) is 153 Å². The minimum absolute atomic E-state index is 0.0227. The molecule has 0 spiro atoms. The molecule has 6 nitrogen and oxygen atoms in total. The van der Waals surface area contributed by atoms with E-state index in [9.17, 15) is 20.4 Å². The van der Waals surface area contributed by atoms with E-state index >= 15 is 0 Å². The molecule has 0 aromatic rings. The van der Waals surface area contributed by atoms with Crippen molar-refractivity contribution >= 4 is 0 Å². The largest absolute Gasteiger partial charge is 0.501 e. The first-order valence-electron chi connectivity index (χ1n) is 20.8. The van der Waals surface area contributed by atoms with Crippen molar-refractivity contribution in [3.05, 3.63) is 59.1 Å². The maximum atomic E-state index is 11.6. The van der Waals surface area contributed by atoms with Crippen LogP contribution in [0.3, 0.4) is 0 Å². The van der Waals surface area contributed by atoms with Crippen molar-refractivity contribution in [3.63, 3.8) is 0 Å². The fourth-order valence-corrected chi connectivity index (χ4v) is 15.2. The van der Waals surface area contributed by atoms with Crippen LogP contribution in [0.1, 0.15) is 90.9 Å². The van der Waals surface area contributed by atoms with Gasteiger partial charge < -0.3 is 29.9 Å². The minimum Gasteiger partial charge on any atom is -0.501 e. The van der Waals surface area contributed by atoms with Crippen LogP contribution in [0.2, 0.25) is 0 Å². The first-order valence-corrected chi connectivity index (χ1v) is 20.8. The fraction of sp³-hybridized carbons (Fsp3) is 0.739. The predicted molar refractivity (Wildman–Crippen MR) is 201 cm³/mol. The molecule has 52 heavy (non-hydrogen) atoms. The minimum atomic E-state index is -0.893. The summed E-state index contributed by atoms with van der Waals surface area (Å²) < 4.78 is 11.0. The molecule has 0 saturated heterocycles. The molecule has 0 heterocycles. The molecule has 0 aromatic carbocycles. The Kier molecular flexibility index (Phi) is 8.59. The Morgan fingerprint density at radius 1 is 0.731 bits per heavy atom. The maximum Gasteiger partial charge on any atom is 0.134 e. The number of aliphatic hydroxyl groups is 4. The lowest BCUT2D eigenvalue weighted by Crippen LogP contribution is -2.54. The summed E-state index contributed by atoms with van der Waals surface area (Å²) in [6.45, 7) is 4.49. The number of hydrogen-bond acceptors (Lipinski definition) is 6. The van der Waals surface area contributed by atoms with E-state index in [4.69, 9.17) is 9.47 Å². The highest BCUT2D eigenvalue weighted by atomic mass is 16.5. The van der Waals surface area contributed by atoms with Gasteiger partial charge >= 0.3 is 0 Å². The molecule has 4 N–H and O–H groups in total. The zero-order chi connectivity index (χ0) is 36.2. The summed E-state index contributed by atoms with van der Waals surface area (Å²) >= 11 is 0. The number of methoxy groups -OCH3 is 2. The Balaban J connectivity index is 0.000000138. The molecule has 282 valence electrons. The first-order chi connectivity index (χ1) is 25.1. The molecule has 0 radical (unpaired) electrons. The molecule has 6 unspecified atom stereocenters. The molecule has 0 bridgehead atoms. The summed E-state index contributed by atoms with van der Waals surface area (Å²) in [7, 11) is 3.57. The van der Waals surface area contributed by atoms with Crippen LogP contribution in [0, 0.1) is 93.7 Å². The predicted octanol–water partition coefficient (Wildman–Crippen LogP) is 7.12. The van der Waals surface area contributed by atoms with Gasteiger partial charge in [-0.3, -0.25) is 0 Å². The Labute approximate surface area is 311 Å². The number of ether oxygens (including phenoxy) is 2. The van der Waals surface area contributed by atoms with Crippen LogP contribution in [0.5, 0.6) is 0 Å². The van der Waals surface area contributed by atoms with Crippen molar-refractivity contribution in [2.45, 2.75) is 102 Å². The van der Waals surface area contributed by atoms with Crippen LogP contribution in [0.15, 0.2) is 59.1 Å². The highest BCUT2D eigenvalue weighted by molar-refractivity contribution is 5.38. The summed E-state index contributed by atoms with van der Waals surface area (Å²) in [5.74, 6) is 15.7. The molecule has 6 fully saturated rings. The molecule has 0 aliphatic heterocycles. The summed E-state index contributed by atoms with van der Waals surface area (Å²) in [5.41, 5.74) is 1.27. The number of fused-ring (bicyclic) bond motifs is 14. The van der Waals surface area contributed by atoms with Crippen LogP contribution in [0.25, 0.3) is 0 Å². The van der Waals surface area contributed by atoms with Gasteiger partial charge in [0.2, 0.25) is 0 Å². The molecule has 10 rings (SSSR count). The molecule has 0 aromatic heterocycles. The number of hydrogen-bond donors (Lipinski definition) is 4. The fourth-order valence-electron chi connectivity index (χ4n) is 15.2. The maximum absolute atomic E-state index is 11.6. The normalized spacial score (nSPS) is 51.2. The van der Waals surface area contributed by atoms with Crippen LogP contribution < -0.4 is 0 Å². The van der Waals surface area contributed by atoms with Crippen molar-refractivity contribution in [2.24, 2.45) is 81.8 Å². The van der Waals surface area contributed by atoms with E-state index in [1.165, 1.54) is 43.3 Å². The molecule has 6 saturated carbocycles. The van der Waals surface area contributed by atoms with E-state index in [-0.39, 0.29) is 24.0 Å². The van der Waals surface area contributed by atoms with Gasteiger partial charge in [0.1, 0.15) is 12.2 Å². The molecular formula is C46H62O6. The van der Waals surface area contributed by atoms with Crippen LogP contribution >= 0.6 is 0 Å². The van der Waals surface area contributed by atoms with Gasteiger partial charge in [-0.15, -0.1) is 0 Å². The highest BCUT2D eigenvalue weighted by Gasteiger charge is 2.76. The molecule has 16 atom stereocenters. The third-order valence-corrected chi connectivity index (χ3v) is 17.5. The van der Waals surface area contributed by atoms with E-state index in [1.54, 1.807) is 20.3 Å². The van der Waals surface area contributed by atoms with Gasteiger partial charge in [0.25, 0.3) is 0 Å². The SMILES string of the molecule is COC1=CC2=CCC3C(CC[C@@]4(C)C3[C@@H]3C[C@@H]3[C@@]4(O)/C=C\CO)[C@H]2CC1.COC1=CC2=CCC3C(CC[C@@]4(C)C3[C@@H]3C[C@@H]3[C@@]4(O)C#CCO)[C@H]2CC1. The van der Waals surface area contributed by atoms with Gasteiger partial charge in [0.15, 0.2) is 0 Å². The third kappa shape index (κ3) is 4.90. The number of allylic oxidation sites excluding steroid dienone is 8. The molecular weight excluding hydrogens is 649 g/mol. The lowest BCUT2D eigenvalue weighted by molar-refractivity contribution is -0.108. The van der Waals surface area contributed by atoms with Crippen molar-refractivity contribution in [1.82, 2.24) is 0 Å². The Hall–Kier alpha value is -2.30. The zero-order valence-electron chi connectivity index (χ0n) is 31.9. The average molecular weight is 711 g/mol. The summed E-state index contributed by atoms with van der Waals surface area (Å²) in [5, 5.41) is 41.6. The van der Waals surface area contributed by atoms with E-state index in [0.717, 1.165) is 68.3 Å². The molecule has 0 amide bonds. The van der Waals surface area contributed by atoms with Crippen molar-refractivity contribution < 1.29 is 29.9 Å². The quantitative estimate of drug-likeness (QED) is 0.183. The van der Waals surface area contributed by atoms with Crippen LogP contribution in [-0.4, -0.2) is 59.1 Å². The Morgan fingerprint density at radius 2 is 1.27 bits per heavy atom. The Morgan fingerprint density at radius 3 is 1.83 bits per heavy atom. The van der Waals surface area contributed by atoms with Gasteiger partial charge in [-0.1, -0.05) is 50.0 Å². The van der Waals surface area contributed by atoms with Crippen molar-refractivity contribution in [1.29, 1.82) is 0 Å². The molecule has 10 aliphatic carbocycles. The first kappa shape index (κ1) is 35.4. The topological polar surface area (TPSA) is 99.4 Å². The van der Waals surface area contributed by atoms with E-state index in [1.807, 2.05) is 6.08 Å². The second-order valence-corrected chi connectivity index (χ2v) is 19.1. The standard InChI is InChI=1S/C23H32O3.C23H30O3/c2*1-22-10-8-17-16-7-5-15(26-2)12-14(16)4-6-18(17)21(22)19-13-20(19)23(22,25)9-3-11-24/h3-4,9,12,16-21,24-25H,5-8,10-11,13H2,1-2H3;4,12,16-21,24-25H,5-8,10-11,13H2,1-2H3/b9-3-;/t2*16-,17?,18?,19+,20-,21?,22-,23-/m00/s1. The summed E-state index contributed by atoms with van der Waals surface area (Å²) in [6.07, 6.45) is 27.0. The molecule has 6 heteroatoms. The molecule has 10 aliphatic rings. The second kappa shape index (κ2) is 12.6. The van der Waals surface area contributed by atoms with Gasteiger partial charge in [0, 0.05) is 29.6 Å². The summed E-state index contributed by atoms with van der Waals surface area (Å²) in [6, 6.07) is 0. The number of aliphatic hydroxyl groups excluding tert-OH is 2. The van der Waals surface area contributed by atoms with E-state index < -0.39 is 11.2 Å². The lowest BCUT2D eigenvalue weighted by atomic mass is 9.50. The third-order valence-electron chi connectivity index (χ3n) is 17.5. The van der Waals surface area contributed by atoms with E-state index in [2.05, 4.69) is 50.0 Å². The van der Waals surface area contributed by atoms with Gasteiger partial charge in [-0.25, -0.2) is 0 Å². The van der Waals surface area contributed by atoms with Gasteiger partial charge in [-0.2, -0.15) is 0 Å².